The Morgan fingerprint density at radius 1 is 0.676 bits per heavy atom. The summed E-state index contributed by atoms with van der Waals surface area (Å²) in [5.41, 5.74) is 9.81. The molecule has 0 aliphatic heterocycles. The lowest BCUT2D eigenvalue weighted by Crippen LogP contribution is -2.70. The Labute approximate surface area is 199 Å². The van der Waals surface area contributed by atoms with Gasteiger partial charge >= 0.3 is 0 Å². The first-order valence-electron chi connectivity index (χ1n) is 13.4. The van der Waals surface area contributed by atoms with Gasteiger partial charge in [-0.1, -0.05) is 66.7 Å². The fraction of sp³-hybridized carbons (Fsp3) is 0.333. The highest BCUT2D eigenvalue weighted by molar-refractivity contribution is 6.23. The Morgan fingerprint density at radius 2 is 1.50 bits per heavy atom. The maximum absolute atomic E-state index is 3.94. The molecule has 164 valence electrons. The summed E-state index contributed by atoms with van der Waals surface area (Å²) in [6.45, 7) is 0. The van der Waals surface area contributed by atoms with Crippen molar-refractivity contribution in [3.05, 3.63) is 83.9 Å². The lowest BCUT2D eigenvalue weighted by Gasteiger charge is -2.73. The van der Waals surface area contributed by atoms with Crippen LogP contribution in [-0.2, 0) is 5.41 Å². The van der Waals surface area contributed by atoms with E-state index in [1.54, 1.807) is 11.1 Å². The molecule has 0 saturated heterocycles. The van der Waals surface area contributed by atoms with E-state index in [-0.39, 0.29) is 5.41 Å². The number of fused-ring (bicyclic) bond motifs is 10. The number of aromatic nitrogens is 1. The van der Waals surface area contributed by atoms with Gasteiger partial charge in [0.2, 0.25) is 0 Å². The summed E-state index contributed by atoms with van der Waals surface area (Å²) < 4.78 is 0. The monoisotopic (exact) mass is 437 g/mol. The zero-order valence-corrected chi connectivity index (χ0v) is 19.3. The fourth-order valence-corrected chi connectivity index (χ4v) is 10.9. The minimum Gasteiger partial charge on any atom is -0.354 e. The summed E-state index contributed by atoms with van der Waals surface area (Å²) in [7, 11) is 0. The van der Waals surface area contributed by atoms with E-state index in [1.165, 1.54) is 75.8 Å². The third kappa shape index (κ3) is 1.57. The molecule has 11 rings (SSSR count). The van der Waals surface area contributed by atoms with Gasteiger partial charge in [0, 0.05) is 27.3 Å². The zero-order chi connectivity index (χ0) is 21.8. The van der Waals surface area contributed by atoms with Crippen LogP contribution in [0.2, 0.25) is 0 Å². The molecule has 1 heterocycles. The first-order valence-corrected chi connectivity index (χ1v) is 13.4. The van der Waals surface area contributed by atoms with Crippen molar-refractivity contribution in [2.24, 2.45) is 29.1 Å². The smallest absolute Gasteiger partial charge is 0.0548 e. The van der Waals surface area contributed by atoms with Crippen LogP contribution in [0.25, 0.3) is 43.7 Å². The van der Waals surface area contributed by atoms with Gasteiger partial charge in [-0.3, -0.25) is 0 Å². The van der Waals surface area contributed by atoms with Gasteiger partial charge in [0.1, 0.15) is 0 Å². The molecule has 0 radical (unpaired) electrons. The van der Waals surface area contributed by atoms with E-state index in [0.29, 0.717) is 5.41 Å². The molecule has 34 heavy (non-hydrogen) atoms. The lowest BCUT2D eigenvalue weighted by atomic mass is 9.30. The maximum Gasteiger partial charge on any atom is 0.0548 e. The molecule has 5 fully saturated rings. The largest absolute Gasteiger partial charge is 0.354 e. The van der Waals surface area contributed by atoms with Gasteiger partial charge < -0.3 is 4.98 Å². The van der Waals surface area contributed by atoms with Crippen LogP contribution in [0.1, 0.15) is 43.2 Å². The van der Waals surface area contributed by atoms with E-state index >= 15 is 0 Å². The number of hydrogen-bond donors (Lipinski definition) is 1. The molecule has 5 saturated carbocycles. The molecule has 0 amide bonds. The average Bonchev–Trinajstić information content (AvgIpc) is 3.45. The summed E-state index contributed by atoms with van der Waals surface area (Å²) in [6, 6.07) is 28.0. The van der Waals surface area contributed by atoms with Gasteiger partial charge in [0.25, 0.3) is 0 Å². The number of nitrogens with one attached hydrogen (secondary N) is 1. The Bertz CT molecular complexity index is 1740. The van der Waals surface area contributed by atoms with Crippen LogP contribution >= 0.6 is 0 Å². The third-order valence-electron chi connectivity index (χ3n) is 11.4. The van der Waals surface area contributed by atoms with Gasteiger partial charge in [-0.2, -0.15) is 0 Å². The van der Waals surface area contributed by atoms with E-state index in [4.69, 9.17) is 0 Å². The van der Waals surface area contributed by atoms with Crippen molar-refractivity contribution in [1.29, 1.82) is 0 Å². The number of benzene rings is 4. The van der Waals surface area contributed by atoms with Gasteiger partial charge in [0.05, 0.1) is 5.52 Å². The molecular formula is C33H27N. The van der Waals surface area contributed by atoms with Crippen molar-refractivity contribution in [2.75, 3.05) is 0 Å². The Morgan fingerprint density at radius 3 is 2.44 bits per heavy atom. The lowest BCUT2D eigenvalue weighted by molar-refractivity contribution is -0.176. The van der Waals surface area contributed by atoms with E-state index in [0.717, 1.165) is 23.7 Å². The first kappa shape index (κ1) is 17.4. The van der Waals surface area contributed by atoms with Crippen LogP contribution in [0.3, 0.4) is 0 Å². The third-order valence-corrected chi connectivity index (χ3v) is 11.4. The maximum atomic E-state index is 3.94. The molecule has 1 heteroatoms. The highest BCUT2D eigenvalue weighted by Crippen LogP contribution is 2.85. The highest BCUT2D eigenvalue weighted by atomic mass is 14.8. The van der Waals surface area contributed by atoms with E-state index < -0.39 is 0 Å². The van der Waals surface area contributed by atoms with Crippen molar-refractivity contribution < 1.29 is 0 Å². The molecule has 6 aliphatic rings. The second kappa shape index (κ2) is 5.28. The molecule has 6 atom stereocenters. The Hall–Kier alpha value is -3.06. The molecule has 4 aromatic carbocycles. The first-order chi connectivity index (χ1) is 16.8. The van der Waals surface area contributed by atoms with Crippen LogP contribution in [0, 0.1) is 29.1 Å². The molecule has 2 spiro atoms. The molecule has 4 bridgehead atoms. The summed E-state index contributed by atoms with van der Waals surface area (Å²) in [4.78, 5) is 3.94. The zero-order valence-electron chi connectivity index (χ0n) is 19.3. The summed E-state index contributed by atoms with van der Waals surface area (Å²) in [5.74, 6) is 3.81. The molecule has 5 aromatic rings. The van der Waals surface area contributed by atoms with E-state index in [2.05, 4.69) is 77.8 Å². The second-order valence-corrected chi connectivity index (χ2v) is 12.3. The van der Waals surface area contributed by atoms with Crippen molar-refractivity contribution in [3.8, 4) is 11.1 Å². The topological polar surface area (TPSA) is 15.8 Å². The quantitative estimate of drug-likeness (QED) is 0.251. The number of H-pyrrole nitrogens is 1. The fourth-order valence-electron chi connectivity index (χ4n) is 10.9. The number of hydrogen-bond acceptors (Lipinski definition) is 0. The normalized spacial score (nSPS) is 35.9. The van der Waals surface area contributed by atoms with Crippen LogP contribution in [0.15, 0.2) is 72.8 Å². The van der Waals surface area contributed by atoms with Gasteiger partial charge in [-0.05, 0) is 94.7 Å². The molecule has 6 aliphatic carbocycles. The predicted molar refractivity (Wildman–Crippen MR) is 139 cm³/mol. The number of aromatic amines is 1. The van der Waals surface area contributed by atoms with Crippen LogP contribution in [0.5, 0.6) is 0 Å². The van der Waals surface area contributed by atoms with Crippen LogP contribution in [-0.4, -0.2) is 4.98 Å². The van der Waals surface area contributed by atoms with E-state index in [9.17, 15) is 0 Å². The second-order valence-electron chi connectivity index (χ2n) is 12.3. The van der Waals surface area contributed by atoms with Crippen molar-refractivity contribution in [2.45, 2.75) is 37.5 Å². The summed E-state index contributed by atoms with van der Waals surface area (Å²) in [5, 5.41) is 5.47. The molecule has 1 nitrogen and oxygen atoms in total. The molecular weight excluding hydrogens is 410 g/mol. The van der Waals surface area contributed by atoms with E-state index in [1.807, 2.05) is 0 Å². The van der Waals surface area contributed by atoms with Crippen LogP contribution < -0.4 is 0 Å². The Balaban J connectivity index is 1.36. The molecule has 6 unspecified atom stereocenters. The number of rotatable bonds is 0. The molecule has 1 aromatic heterocycles. The van der Waals surface area contributed by atoms with Gasteiger partial charge in [0.15, 0.2) is 0 Å². The SMILES string of the molecule is c1ccc2c(c1)-c1c(ccc3c1[nH]c1ccc4ccccc4c13)C21C2CC3CC4CC2C1(C4)C3. The van der Waals surface area contributed by atoms with Crippen molar-refractivity contribution in [3.63, 3.8) is 0 Å². The average molecular weight is 438 g/mol. The molecule has 1 N–H and O–H groups in total. The highest BCUT2D eigenvalue weighted by Gasteiger charge is 2.80. The summed E-state index contributed by atoms with van der Waals surface area (Å²) in [6.07, 6.45) is 7.46. The minimum atomic E-state index is 0.267. The minimum absolute atomic E-state index is 0.267. The Kier molecular flexibility index (Phi) is 2.70. The van der Waals surface area contributed by atoms with Crippen LogP contribution in [0.4, 0.5) is 0 Å². The summed E-state index contributed by atoms with van der Waals surface area (Å²) >= 11 is 0. The standard InChI is InChI=1S/C33H27N/c1-2-6-21-20(5-1)9-12-28-29(21)23-10-11-25-30(31(23)34-28)22-7-3-4-8-24(22)33(25)27-15-19-13-18-14-26(27)32(33,16-18)17-19/h1-12,18-19,26-27,34H,13-17H2. The van der Waals surface area contributed by atoms with Crippen molar-refractivity contribution >= 4 is 32.6 Å². The van der Waals surface area contributed by atoms with Crippen molar-refractivity contribution in [1.82, 2.24) is 4.98 Å². The van der Waals surface area contributed by atoms with Gasteiger partial charge in [-0.25, -0.2) is 0 Å². The predicted octanol–water partition coefficient (Wildman–Crippen LogP) is 8.20. The van der Waals surface area contributed by atoms with Gasteiger partial charge in [-0.15, -0.1) is 0 Å².